The molecule has 0 aliphatic rings. The first-order valence-electron chi connectivity index (χ1n) is 6.28. The third kappa shape index (κ3) is 4.07. The largest absolute Gasteiger partial charge is 0.503 e. The summed E-state index contributed by atoms with van der Waals surface area (Å²) in [5, 5.41) is 27.9. The number of aliphatic hydroxyl groups is 1. The van der Waals surface area contributed by atoms with E-state index in [4.69, 9.17) is 5.11 Å². The molecule has 0 atom stereocenters. The first-order valence-corrected chi connectivity index (χ1v) is 6.28. The minimum absolute atomic E-state index is 0.0147. The van der Waals surface area contributed by atoms with Gasteiger partial charge in [-0.3, -0.25) is 9.59 Å². The Hall–Kier alpha value is -1.86. The van der Waals surface area contributed by atoms with Crippen LogP contribution in [0.4, 0.5) is 0 Å². The van der Waals surface area contributed by atoms with Crippen LogP contribution in [0.1, 0.15) is 24.2 Å². The average Bonchev–Trinajstić information content (AvgIpc) is 2.36. The number of rotatable bonds is 7. The Morgan fingerprint density at radius 2 is 2.05 bits per heavy atom. The maximum Gasteiger partial charge on any atom is 0.303 e. The Morgan fingerprint density at radius 3 is 2.55 bits per heavy atom. The van der Waals surface area contributed by atoms with Gasteiger partial charge in [-0.2, -0.15) is 0 Å². The Kier molecular flexibility index (Phi) is 5.72. The van der Waals surface area contributed by atoms with E-state index < -0.39 is 11.4 Å². The summed E-state index contributed by atoms with van der Waals surface area (Å²) in [6, 6.07) is 1.18. The van der Waals surface area contributed by atoms with E-state index in [0.29, 0.717) is 30.9 Å². The van der Waals surface area contributed by atoms with Crippen molar-refractivity contribution in [1.82, 2.24) is 9.47 Å². The van der Waals surface area contributed by atoms with Gasteiger partial charge in [-0.15, -0.1) is 0 Å². The number of carbonyl (C=O) groups is 1. The number of hydrogen-bond donors (Lipinski definition) is 3. The number of pyridine rings is 1. The molecule has 0 bridgehead atoms. The van der Waals surface area contributed by atoms with Crippen molar-refractivity contribution < 1.29 is 20.1 Å². The molecular formula is C13H20N2O5. The summed E-state index contributed by atoms with van der Waals surface area (Å²) in [6.45, 7) is 0.296. The van der Waals surface area contributed by atoms with E-state index in [9.17, 15) is 19.8 Å². The second kappa shape index (κ2) is 7.06. The van der Waals surface area contributed by atoms with Crippen LogP contribution in [0.25, 0.3) is 0 Å². The molecule has 1 heterocycles. The predicted octanol–water partition coefficient (Wildman–Crippen LogP) is -0.0274. The van der Waals surface area contributed by atoms with E-state index >= 15 is 0 Å². The molecule has 0 aliphatic heterocycles. The Labute approximate surface area is 116 Å². The van der Waals surface area contributed by atoms with Crippen LogP contribution in [0.15, 0.2) is 10.9 Å². The number of aromatic nitrogens is 1. The molecule has 0 saturated carbocycles. The van der Waals surface area contributed by atoms with Gasteiger partial charge in [0.1, 0.15) is 0 Å². The zero-order valence-corrected chi connectivity index (χ0v) is 11.7. The molecule has 7 heteroatoms. The Bertz CT molecular complexity index is 536. The fraction of sp³-hybridized carbons (Fsp3) is 0.538. The van der Waals surface area contributed by atoms with E-state index in [1.807, 2.05) is 0 Å². The molecule has 0 amide bonds. The maximum atomic E-state index is 11.6. The minimum atomic E-state index is -0.907. The summed E-state index contributed by atoms with van der Waals surface area (Å²) in [5.41, 5.74) is 0.215. The summed E-state index contributed by atoms with van der Waals surface area (Å²) in [7, 11) is 3.58. The van der Waals surface area contributed by atoms with Gasteiger partial charge in [-0.05, 0) is 20.5 Å². The van der Waals surface area contributed by atoms with Gasteiger partial charge in [0.25, 0.3) is 0 Å². The van der Waals surface area contributed by atoms with Crippen LogP contribution in [0.5, 0.6) is 5.75 Å². The summed E-state index contributed by atoms with van der Waals surface area (Å²) < 4.78 is 1.61. The molecule has 0 saturated heterocycles. The van der Waals surface area contributed by atoms with Crippen LogP contribution in [-0.4, -0.2) is 44.9 Å². The smallest absolute Gasteiger partial charge is 0.303 e. The molecule has 112 valence electrons. The topological polar surface area (TPSA) is 103 Å². The molecule has 3 N–H and O–H groups in total. The number of aliphatic hydroxyl groups excluding tert-OH is 1. The standard InChI is InChI=1S/C13H20N2O5/c1-14(2)7-10-13(20)11(17)6-9(8-16)15(10)5-3-4-12(18)19/h6,16,20H,3-5,7-8H2,1-2H3,(H,18,19). The third-order valence-corrected chi connectivity index (χ3v) is 2.88. The van der Waals surface area contributed by atoms with E-state index in [2.05, 4.69) is 0 Å². The second-order valence-corrected chi connectivity index (χ2v) is 4.84. The summed E-state index contributed by atoms with van der Waals surface area (Å²) in [6.07, 6.45) is 0.338. The van der Waals surface area contributed by atoms with Crippen LogP contribution in [0.3, 0.4) is 0 Å². The molecule has 1 rings (SSSR count). The number of hydrogen-bond acceptors (Lipinski definition) is 5. The van der Waals surface area contributed by atoms with Gasteiger partial charge >= 0.3 is 5.97 Å². The van der Waals surface area contributed by atoms with Gasteiger partial charge in [-0.25, -0.2) is 0 Å². The van der Waals surface area contributed by atoms with Gasteiger partial charge in [0.2, 0.25) is 5.43 Å². The van der Waals surface area contributed by atoms with Crippen molar-refractivity contribution in [3.05, 3.63) is 27.7 Å². The highest BCUT2D eigenvalue weighted by Gasteiger charge is 2.15. The van der Waals surface area contributed by atoms with Crippen LogP contribution in [0, 0.1) is 0 Å². The Balaban J connectivity index is 3.18. The minimum Gasteiger partial charge on any atom is -0.503 e. The van der Waals surface area contributed by atoms with Crippen molar-refractivity contribution in [3.8, 4) is 5.75 Å². The summed E-state index contributed by atoms with van der Waals surface area (Å²) in [4.78, 5) is 24.0. The van der Waals surface area contributed by atoms with E-state index in [1.54, 1.807) is 23.6 Å². The summed E-state index contributed by atoms with van der Waals surface area (Å²) >= 11 is 0. The van der Waals surface area contributed by atoms with Gasteiger partial charge in [0, 0.05) is 31.3 Å². The van der Waals surface area contributed by atoms with Gasteiger partial charge < -0.3 is 24.8 Å². The lowest BCUT2D eigenvalue weighted by molar-refractivity contribution is -0.137. The number of carboxylic acids is 1. The number of aromatic hydroxyl groups is 1. The van der Waals surface area contributed by atoms with Crippen molar-refractivity contribution in [2.75, 3.05) is 14.1 Å². The first kappa shape index (κ1) is 16.2. The van der Waals surface area contributed by atoms with Crippen molar-refractivity contribution >= 4 is 5.97 Å². The lowest BCUT2D eigenvalue weighted by Crippen LogP contribution is -2.23. The number of carboxylic acid groups (broad SMARTS) is 1. The quantitative estimate of drug-likeness (QED) is 0.650. The van der Waals surface area contributed by atoms with Crippen LogP contribution < -0.4 is 5.43 Å². The molecule has 1 aromatic heterocycles. The zero-order valence-electron chi connectivity index (χ0n) is 11.7. The van der Waals surface area contributed by atoms with Crippen molar-refractivity contribution in [3.63, 3.8) is 0 Å². The molecular weight excluding hydrogens is 264 g/mol. The van der Waals surface area contributed by atoms with Crippen LogP contribution >= 0.6 is 0 Å². The van der Waals surface area contributed by atoms with E-state index in [1.165, 1.54) is 6.07 Å². The highest BCUT2D eigenvalue weighted by atomic mass is 16.4. The zero-order chi connectivity index (χ0) is 15.3. The monoisotopic (exact) mass is 284 g/mol. The van der Waals surface area contributed by atoms with Crippen molar-refractivity contribution in [2.24, 2.45) is 0 Å². The fourth-order valence-electron chi connectivity index (χ4n) is 2.00. The van der Waals surface area contributed by atoms with Crippen LogP contribution in [0.2, 0.25) is 0 Å². The molecule has 20 heavy (non-hydrogen) atoms. The van der Waals surface area contributed by atoms with Gasteiger partial charge in [0.15, 0.2) is 5.75 Å². The molecule has 0 aliphatic carbocycles. The molecule has 0 unspecified atom stereocenters. The van der Waals surface area contributed by atoms with E-state index in [-0.39, 0.29) is 18.8 Å². The number of aliphatic carboxylic acids is 1. The van der Waals surface area contributed by atoms with E-state index in [0.717, 1.165) is 0 Å². The normalized spacial score (nSPS) is 11.0. The second-order valence-electron chi connectivity index (χ2n) is 4.84. The highest BCUT2D eigenvalue weighted by molar-refractivity contribution is 5.66. The SMILES string of the molecule is CN(C)Cc1c(O)c(=O)cc(CO)n1CCCC(=O)O. The number of nitrogens with zero attached hydrogens (tertiary/aromatic N) is 2. The summed E-state index contributed by atoms with van der Waals surface area (Å²) in [5.74, 6) is -1.26. The molecule has 0 spiro atoms. The Morgan fingerprint density at radius 1 is 1.40 bits per heavy atom. The third-order valence-electron chi connectivity index (χ3n) is 2.88. The predicted molar refractivity (Wildman–Crippen MR) is 72.6 cm³/mol. The molecule has 0 radical (unpaired) electrons. The van der Waals surface area contributed by atoms with Crippen LogP contribution in [-0.2, 0) is 24.5 Å². The van der Waals surface area contributed by atoms with Gasteiger partial charge in [0.05, 0.1) is 12.3 Å². The first-order chi connectivity index (χ1) is 9.36. The highest BCUT2D eigenvalue weighted by Crippen LogP contribution is 2.17. The molecule has 7 nitrogen and oxygen atoms in total. The average molecular weight is 284 g/mol. The van der Waals surface area contributed by atoms with Crippen molar-refractivity contribution in [1.29, 1.82) is 0 Å². The van der Waals surface area contributed by atoms with Crippen molar-refractivity contribution in [2.45, 2.75) is 32.5 Å². The lowest BCUT2D eigenvalue weighted by Gasteiger charge is -2.21. The maximum absolute atomic E-state index is 11.6. The lowest BCUT2D eigenvalue weighted by atomic mass is 10.2. The van der Waals surface area contributed by atoms with Gasteiger partial charge in [-0.1, -0.05) is 0 Å². The molecule has 1 aromatic rings. The molecule has 0 aromatic carbocycles. The molecule has 0 fully saturated rings. The fourth-order valence-corrected chi connectivity index (χ4v) is 2.00.